The number of allylic oxidation sites excluding steroid dienone is 2. The number of likely N-dealkylation sites (N-methyl/N-ethyl adjacent to an activating group) is 1. The number of ketones is 2. The van der Waals surface area contributed by atoms with Crippen LogP contribution in [0.3, 0.4) is 0 Å². The molecule has 1 aliphatic carbocycles. The van der Waals surface area contributed by atoms with E-state index in [4.69, 9.17) is 9.47 Å². The summed E-state index contributed by atoms with van der Waals surface area (Å²) < 4.78 is 10.1. The molecule has 0 bridgehead atoms. The fourth-order valence-corrected chi connectivity index (χ4v) is 2.50. The van der Waals surface area contributed by atoms with Gasteiger partial charge < -0.3 is 14.4 Å². The van der Waals surface area contributed by atoms with Gasteiger partial charge in [0.25, 0.3) is 0 Å². The molecule has 0 radical (unpaired) electrons. The third-order valence-corrected chi connectivity index (χ3v) is 3.53. The largest absolute Gasteiger partial charge is 0.489 e. The SMILES string of the molecule is CCCC(C1=C(C)C(=O)C(OC)=C(OC)C1=O)N(C)C. The smallest absolute Gasteiger partial charge is 0.229 e. The summed E-state index contributed by atoms with van der Waals surface area (Å²) in [5.41, 5.74) is 0.958. The molecule has 0 aliphatic heterocycles. The van der Waals surface area contributed by atoms with Crippen molar-refractivity contribution in [3.05, 3.63) is 22.7 Å². The van der Waals surface area contributed by atoms with Gasteiger partial charge in [0.15, 0.2) is 0 Å². The van der Waals surface area contributed by atoms with E-state index in [1.165, 1.54) is 14.2 Å². The molecule has 5 heteroatoms. The lowest BCUT2D eigenvalue weighted by molar-refractivity contribution is -0.121. The second-order valence-corrected chi connectivity index (χ2v) is 5.03. The summed E-state index contributed by atoms with van der Waals surface area (Å²) >= 11 is 0. The van der Waals surface area contributed by atoms with Crippen molar-refractivity contribution in [1.29, 1.82) is 0 Å². The van der Waals surface area contributed by atoms with E-state index in [1.807, 2.05) is 19.0 Å². The average molecular weight is 281 g/mol. The minimum atomic E-state index is -0.276. The van der Waals surface area contributed by atoms with Gasteiger partial charge in [0, 0.05) is 17.2 Å². The van der Waals surface area contributed by atoms with Crippen molar-refractivity contribution in [2.75, 3.05) is 28.3 Å². The van der Waals surface area contributed by atoms with Crippen molar-refractivity contribution in [3.8, 4) is 0 Å². The van der Waals surface area contributed by atoms with Gasteiger partial charge in [-0.25, -0.2) is 0 Å². The Hall–Kier alpha value is -1.62. The van der Waals surface area contributed by atoms with Gasteiger partial charge in [0.1, 0.15) is 0 Å². The Kier molecular flexibility index (Phi) is 5.51. The zero-order valence-corrected chi connectivity index (χ0v) is 13.1. The monoisotopic (exact) mass is 281 g/mol. The number of hydrogen-bond donors (Lipinski definition) is 0. The first-order valence-electron chi connectivity index (χ1n) is 6.69. The summed E-state index contributed by atoms with van der Waals surface area (Å²) in [6.45, 7) is 3.72. The number of hydrogen-bond acceptors (Lipinski definition) is 5. The number of Topliss-reactive ketones (excluding diaryl/α,β-unsaturated/α-hetero) is 2. The summed E-state index contributed by atoms with van der Waals surface area (Å²) in [5, 5.41) is 0. The van der Waals surface area contributed by atoms with E-state index in [1.54, 1.807) is 6.92 Å². The van der Waals surface area contributed by atoms with Crippen molar-refractivity contribution in [3.63, 3.8) is 0 Å². The molecule has 0 spiro atoms. The Labute approximate surface area is 120 Å². The zero-order chi connectivity index (χ0) is 15.4. The van der Waals surface area contributed by atoms with Gasteiger partial charge in [-0.05, 0) is 27.4 Å². The summed E-state index contributed by atoms with van der Waals surface area (Å²) in [7, 11) is 6.55. The Morgan fingerprint density at radius 2 is 1.55 bits per heavy atom. The van der Waals surface area contributed by atoms with Crippen LogP contribution in [0.15, 0.2) is 22.7 Å². The molecule has 1 unspecified atom stereocenters. The average Bonchev–Trinajstić information content (AvgIpc) is 2.41. The number of carbonyl (C=O) groups is 2. The van der Waals surface area contributed by atoms with Gasteiger partial charge >= 0.3 is 0 Å². The molecule has 0 saturated heterocycles. The van der Waals surface area contributed by atoms with Gasteiger partial charge in [-0.2, -0.15) is 0 Å². The first-order chi connectivity index (χ1) is 9.40. The van der Waals surface area contributed by atoms with Gasteiger partial charge in [0.05, 0.1) is 14.2 Å². The molecule has 1 aliphatic rings. The van der Waals surface area contributed by atoms with Crippen LogP contribution in [0.25, 0.3) is 0 Å². The number of carbonyl (C=O) groups excluding carboxylic acids is 2. The predicted octanol–water partition coefficient (Wildman–Crippen LogP) is 1.69. The number of methoxy groups -OCH3 is 2. The maximum absolute atomic E-state index is 12.6. The highest BCUT2D eigenvalue weighted by atomic mass is 16.5. The molecule has 0 N–H and O–H groups in total. The van der Waals surface area contributed by atoms with Crippen molar-refractivity contribution in [2.24, 2.45) is 0 Å². The molecular formula is C15H23NO4. The van der Waals surface area contributed by atoms with Crippen LogP contribution in [0.4, 0.5) is 0 Å². The van der Waals surface area contributed by atoms with Crippen LogP contribution in [0.2, 0.25) is 0 Å². The number of ether oxygens (including phenoxy) is 2. The lowest BCUT2D eigenvalue weighted by Crippen LogP contribution is -2.38. The van der Waals surface area contributed by atoms with E-state index in [-0.39, 0.29) is 29.1 Å². The van der Waals surface area contributed by atoms with Crippen molar-refractivity contribution < 1.29 is 19.1 Å². The van der Waals surface area contributed by atoms with Gasteiger partial charge in [-0.15, -0.1) is 0 Å². The van der Waals surface area contributed by atoms with Crippen LogP contribution in [0.5, 0.6) is 0 Å². The molecule has 0 amide bonds. The molecule has 112 valence electrons. The molecular weight excluding hydrogens is 258 g/mol. The normalized spacial score (nSPS) is 17.9. The minimum absolute atomic E-state index is 0.000975. The number of nitrogens with zero attached hydrogens (tertiary/aromatic N) is 1. The third-order valence-electron chi connectivity index (χ3n) is 3.53. The summed E-state index contributed by atoms with van der Waals surface area (Å²) in [5.74, 6) is -0.538. The Morgan fingerprint density at radius 1 is 1.05 bits per heavy atom. The summed E-state index contributed by atoms with van der Waals surface area (Å²) in [6.07, 6.45) is 1.72. The minimum Gasteiger partial charge on any atom is -0.489 e. The second kappa shape index (κ2) is 6.70. The molecule has 0 saturated carbocycles. The van der Waals surface area contributed by atoms with Gasteiger partial charge in [0.2, 0.25) is 23.1 Å². The topological polar surface area (TPSA) is 55.8 Å². The van der Waals surface area contributed by atoms with Crippen LogP contribution in [0.1, 0.15) is 26.7 Å². The molecule has 0 aromatic rings. The van der Waals surface area contributed by atoms with Crippen LogP contribution < -0.4 is 0 Å². The molecule has 0 aromatic carbocycles. The molecule has 1 rings (SSSR count). The molecule has 0 aromatic heterocycles. The van der Waals surface area contributed by atoms with Crippen LogP contribution in [0, 0.1) is 0 Å². The Balaban J connectivity index is 3.36. The molecule has 5 nitrogen and oxygen atoms in total. The highest BCUT2D eigenvalue weighted by Crippen LogP contribution is 2.30. The lowest BCUT2D eigenvalue weighted by Gasteiger charge is -2.30. The van der Waals surface area contributed by atoms with Crippen LogP contribution in [-0.4, -0.2) is 50.8 Å². The fraction of sp³-hybridized carbons (Fsp3) is 0.600. The third kappa shape index (κ3) is 2.77. The highest BCUT2D eigenvalue weighted by molar-refractivity contribution is 6.23. The van der Waals surface area contributed by atoms with E-state index in [0.717, 1.165) is 12.8 Å². The zero-order valence-electron chi connectivity index (χ0n) is 13.1. The maximum Gasteiger partial charge on any atom is 0.229 e. The van der Waals surface area contributed by atoms with E-state index >= 15 is 0 Å². The molecule has 1 atom stereocenters. The molecule has 0 heterocycles. The maximum atomic E-state index is 12.6. The standard InChI is InChI=1S/C15H23NO4/c1-7-8-10(16(3)4)11-9(2)12(17)14(19-5)15(20-6)13(11)18/h10H,7-8H2,1-6H3. The number of rotatable bonds is 6. The van der Waals surface area contributed by atoms with Crippen molar-refractivity contribution in [1.82, 2.24) is 4.90 Å². The molecule has 20 heavy (non-hydrogen) atoms. The van der Waals surface area contributed by atoms with Crippen molar-refractivity contribution >= 4 is 11.6 Å². The van der Waals surface area contributed by atoms with Gasteiger partial charge in [-0.1, -0.05) is 13.3 Å². The first kappa shape index (κ1) is 16.4. The van der Waals surface area contributed by atoms with E-state index in [9.17, 15) is 9.59 Å². The predicted molar refractivity (Wildman–Crippen MR) is 76.1 cm³/mol. The lowest BCUT2D eigenvalue weighted by atomic mass is 9.86. The van der Waals surface area contributed by atoms with Gasteiger partial charge in [-0.3, -0.25) is 9.59 Å². The van der Waals surface area contributed by atoms with Crippen LogP contribution in [-0.2, 0) is 19.1 Å². The van der Waals surface area contributed by atoms with E-state index in [2.05, 4.69) is 6.92 Å². The fourth-order valence-electron chi connectivity index (χ4n) is 2.50. The van der Waals surface area contributed by atoms with Crippen LogP contribution >= 0.6 is 0 Å². The Bertz CT molecular complexity index is 474. The summed E-state index contributed by atoms with van der Waals surface area (Å²) in [4.78, 5) is 26.9. The Morgan fingerprint density at radius 3 is 1.95 bits per heavy atom. The second-order valence-electron chi connectivity index (χ2n) is 5.03. The van der Waals surface area contributed by atoms with E-state index in [0.29, 0.717) is 11.1 Å². The van der Waals surface area contributed by atoms with E-state index < -0.39 is 0 Å². The quantitative estimate of drug-likeness (QED) is 0.693. The first-order valence-corrected chi connectivity index (χ1v) is 6.69. The van der Waals surface area contributed by atoms with Crippen molar-refractivity contribution in [2.45, 2.75) is 32.7 Å². The summed E-state index contributed by atoms with van der Waals surface area (Å²) in [6, 6.07) is -0.0972. The highest BCUT2D eigenvalue weighted by Gasteiger charge is 2.38. The molecule has 0 fully saturated rings.